The van der Waals surface area contributed by atoms with E-state index in [4.69, 9.17) is 0 Å². The monoisotopic (exact) mass is 330 g/mol. The van der Waals surface area contributed by atoms with Crippen LogP contribution in [0, 0.1) is 5.92 Å². The van der Waals surface area contributed by atoms with Crippen LogP contribution in [-0.2, 0) is 15.8 Å². The van der Waals surface area contributed by atoms with Crippen molar-refractivity contribution in [2.24, 2.45) is 5.92 Å². The molecule has 0 aliphatic heterocycles. The zero-order valence-electron chi connectivity index (χ0n) is 13.4. The standard InChI is InChI=1S/C16H21F3N2O2/c1-11(2)10-21(12(3)22)8-7-15(23)20-14-6-4-5-13(9-14)16(17,18)19/h4-6,9,11H,7-8,10H2,1-3H3,(H,20,23). The molecule has 128 valence electrons. The third kappa shape index (κ3) is 6.71. The summed E-state index contributed by atoms with van der Waals surface area (Å²) in [4.78, 5) is 24.9. The Morgan fingerprint density at radius 2 is 1.91 bits per heavy atom. The van der Waals surface area contributed by atoms with E-state index in [1.165, 1.54) is 19.1 Å². The van der Waals surface area contributed by atoms with Crippen LogP contribution in [0.3, 0.4) is 0 Å². The molecule has 4 nitrogen and oxygen atoms in total. The van der Waals surface area contributed by atoms with Crippen molar-refractivity contribution in [3.05, 3.63) is 29.8 Å². The Labute approximate surface area is 133 Å². The van der Waals surface area contributed by atoms with Crippen LogP contribution in [0.2, 0.25) is 0 Å². The minimum atomic E-state index is -4.45. The van der Waals surface area contributed by atoms with Crippen LogP contribution in [0.25, 0.3) is 0 Å². The Morgan fingerprint density at radius 3 is 2.43 bits per heavy atom. The van der Waals surface area contributed by atoms with Crippen molar-refractivity contribution in [3.63, 3.8) is 0 Å². The molecule has 0 fully saturated rings. The minimum absolute atomic E-state index is 0.0303. The lowest BCUT2D eigenvalue weighted by molar-refractivity contribution is -0.137. The topological polar surface area (TPSA) is 49.4 Å². The summed E-state index contributed by atoms with van der Waals surface area (Å²) in [5, 5.41) is 2.43. The first-order valence-electron chi connectivity index (χ1n) is 7.32. The second-order valence-electron chi connectivity index (χ2n) is 5.74. The van der Waals surface area contributed by atoms with Gasteiger partial charge in [0, 0.05) is 32.1 Å². The first-order valence-corrected chi connectivity index (χ1v) is 7.32. The van der Waals surface area contributed by atoms with Crippen LogP contribution >= 0.6 is 0 Å². The van der Waals surface area contributed by atoms with Crippen molar-refractivity contribution in [2.45, 2.75) is 33.4 Å². The van der Waals surface area contributed by atoms with Crippen LogP contribution in [0.5, 0.6) is 0 Å². The average molecular weight is 330 g/mol. The quantitative estimate of drug-likeness (QED) is 0.867. The van der Waals surface area contributed by atoms with Gasteiger partial charge in [0.2, 0.25) is 11.8 Å². The molecular formula is C16H21F3N2O2. The molecular weight excluding hydrogens is 309 g/mol. The number of alkyl halides is 3. The van der Waals surface area contributed by atoms with Crippen LogP contribution < -0.4 is 5.32 Å². The molecule has 0 atom stereocenters. The van der Waals surface area contributed by atoms with Gasteiger partial charge in [-0.3, -0.25) is 9.59 Å². The zero-order chi connectivity index (χ0) is 17.6. The number of rotatable bonds is 6. The number of hydrogen-bond donors (Lipinski definition) is 1. The predicted octanol–water partition coefficient (Wildman–Crippen LogP) is 3.54. The number of anilines is 1. The van der Waals surface area contributed by atoms with Crippen molar-refractivity contribution in [1.82, 2.24) is 4.90 Å². The second kappa shape index (κ2) is 7.99. The van der Waals surface area contributed by atoms with Gasteiger partial charge in [-0.25, -0.2) is 0 Å². The van der Waals surface area contributed by atoms with Crippen molar-refractivity contribution in [3.8, 4) is 0 Å². The molecule has 1 N–H and O–H groups in total. The molecule has 0 aromatic heterocycles. The molecule has 0 aliphatic carbocycles. The van der Waals surface area contributed by atoms with Crippen molar-refractivity contribution < 1.29 is 22.8 Å². The highest BCUT2D eigenvalue weighted by atomic mass is 19.4. The smallest absolute Gasteiger partial charge is 0.342 e. The molecule has 1 rings (SSSR count). The number of benzene rings is 1. The number of halogens is 3. The van der Waals surface area contributed by atoms with E-state index >= 15 is 0 Å². The lowest BCUT2D eigenvalue weighted by Gasteiger charge is -2.22. The van der Waals surface area contributed by atoms with Gasteiger partial charge in [-0.2, -0.15) is 13.2 Å². The highest BCUT2D eigenvalue weighted by Gasteiger charge is 2.30. The van der Waals surface area contributed by atoms with Gasteiger partial charge in [0.15, 0.2) is 0 Å². The van der Waals surface area contributed by atoms with E-state index < -0.39 is 17.6 Å². The van der Waals surface area contributed by atoms with E-state index in [1.807, 2.05) is 13.8 Å². The fourth-order valence-electron chi connectivity index (χ4n) is 2.05. The van der Waals surface area contributed by atoms with Crippen LogP contribution in [0.1, 0.15) is 32.8 Å². The van der Waals surface area contributed by atoms with Crippen molar-refractivity contribution in [2.75, 3.05) is 18.4 Å². The minimum Gasteiger partial charge on any atom is -0.342 e. The lowest BCUT2D eigenvalue weighted by Crippen LogP contribution is -2.34. The number of hydrogen-bond acceptors (Lipinski definition) is 2. The van der Waals surface area contributed by atoms with E-state index in [0.717, 1.165) is 12.1 Å². The molecule has 0 radical (unpaired) electrons. The second-order valence-corrected chi connectivity index (χ2v) is 5.74. The number of nitrogens with one attached hydrogen (secondary N) is 1. The normalized spacial score (nSPS) is 11.4. The summed E-state index contributed by atoms with van der Waals surface area (Å²) in [6.07, 6.45) is -4.42. The van der Waals surface area contributed by atoms with E-state index in [1.54, 1.807) is 4.90 Å². The molecule has 1 aromatic rings. The molecule has 1 aromatic carbocycles. The highest BCUT2D eigenvalue weighted by Crippen LogP contribution is 2.30. The summed E-state index contributed by atoms with van der Waals surface area (Å²) in [6.45, 7) is 6.11. The van der Waals surface area contributed by atoms with Crippen molar-refractivity contribution in [1.29, 1.82) is 0 Å². The molecule has 2 amide bonds. The first-order chi connectivity index (χ1) is 10.6. The molecule has 0 aliphatic rings. The highest BCUT2D eigenvalue weighted by molar-refractivity contribution is 5.91. The van der Waals surface area contributed by atoms with Crippen LogP contribution in [-0.4, -0.2) is 29.8 Å². The lowest BCUT2D eigenvalue weighted by atomic mass is 10.2. The number of nitrogens with zero attached hydrogens (tertiary/aromatic N) is 1. The van der Waals surface area contributed by atoms with Gasteiger partial charge in [-0.15, -0.1) is 0 Å². The number of carbonyl (C=O) groups is 2. The Bertz CT molecular complexity index is 557. The summed E-state index contributed by atoms with van der Waals surface area (Å²) in [7, 11) is 0. The van der Waals surface area contributed by atoms with Gasteiger partial charge >= 0.3 is 6.18 Å². The first kappa shape index (κ1) is 19.0. The number of carbonyl (C=O) groups excluding carboxylic acids is 2. The van der Waals surface area contributed by atoms with E-state index in [9.17, 15) is 22.8 Å². The van der Waals surface area contributed by atoms with Gasteiger partial charge in [-0.05, 0) is 24.1 Å². The molecule has 7 heteroatoms. The fourth-order valence-corrected chi connectivity index (χ4v) is 2.05. The summed E-state index contributed by atoms with van der Waals surface area (Å²) < 4.78 is 37.8. The van der Waals surface area contributed by atoms with Gasteiger partial charge in [0.1, 0.15) is 0 Å². The maximum atomic E-state index is 12.6. The van der Waals surface area contributed by atoms with Crippen LogP contribution in [0.15, 0.2) is 24.3 Å². The van der Waals surface area contributed by atoms with E-state index in [0.29, 0.717) is 6.54 Å². The fraction of sp³-hybridized carbons (Fsp3) is 0.500. The third-order valence-electron chi connectivity index (χ3n) is 3.11. The Hall–Kier alpha value is -2.05. The summed E-state index contributed by atoms with van der Waals surface area (Å²) in [6, 6.07) is 4.45. The van der Waals surface area contributed by atoms with Gasteiger partial charge < -0.3 is 10.2 Å². The predicted molar refractivity (Wildman–Crippen MR) is 81.8 cm³/mol. The Morgan fingerprint density at radius 1 is 1.26 bits per heavy atom. The average Bonchev–Trinajstić information content (AvgIpc) is 2.42. The molecule has 0 unspecified atom stereocenters. The summed E-state index contributed by atoms with van der Waals surface area (Å²) >= 11 is 0. The van der Waals surface area contributed by atoms with E-state index in [-0.39, 0.29) is 30.5 Å². The maximum absolute atomic E-state index is 12.6. The van der Waals surface area contributed by atoms with Crippen LogP contribution in [0.4, 0.5) is 18.9 Å². The summed E-state index contributed by atoms with van der Waals surface area (Å²) in [5.74, 6) is -0.296. The zero-order valence-corrected chi connectivity index (χ0v) is 13.4. The molecule has 0 saturated carbocycles. The Kier molecular flexibility index (Phi) is 6.60. The van der Waals surface area contributed by atoms with Gasteiger partial charge in [0.25, 0.3) is 0 Å². The largest absolute Gasteiger partial charge is 0.416 e. The van der Waals surface area contributed by atoms with Crippen molar-refractivity contribution >= 4 is 17.5 Å². The summed E-state index contributed by atoms with van der Waals surface area (Å²) in [5.41, 5.74) is -0.733. The molecule has 0 saturated heterocycles. The third-order valence-corrected chi connectivity index (χ3v) is 3.11. The molecule has 0 bridgehead atoms. The molecule has 0 heterocycles. The Balaban J connectivity index is 2.61. The van der Waals surface area contributed by atoms with Gasteiger partial charge in [-0.1, -0.05) is 19.9 Å². The molecule has 23 heavy (non-hydrogen) atoms. The maximum Gasteiger partial charge on any atom is 0.416 e. The SMILES string of the molecule is CC(=O)N(CCC(=O)Nc1cccc(C(F)(F)F)c1)CC(C)C. The molecule has 0 spiro atoms. The van der Waals surface area contributed by atoms with E-state index in [2.05, 4.69) is 5.32 Å². The number of amides is 2. The van der Waals surface area contributed by atoms with Gasteiger partial charge in [0.05, 0.1) is 5.56 Å².